The molecule has 2 unspecified atom stereocenters. The van der Waals surface area contributed by atoms with Crippen LogP contribution in [-0.4, -0.2) is 89.9 Å². The van der Waals surface area contributed by atoms with Gasteiger partial charge in [0, 0.05) is 39.1 Å². The first-order valence-corrected chi connectivity index (χ1v) is 21.0. The number of alkyl halides is 1. The van der Waals surface area contributed by atoms with Crippen molar-refractivity contribution in [3.63, 3.8) is 0 Å². The number of amides is 2. The summed E-state index contributed by atoms with van der Waals surface area (Å²) in [5.41, 5.74) is 6.14. The molecule has 0 spiro atoms. The summed E-state index contributed by atoms with van der Waals surface area (Å²) in [6.07, 6.45) is 2.63. The van der Waals surface area contributed by atoms with Crippen LogP contribution in [0, 0.1) is 27.7 Å². The molecular formula is C31H51BrN4O6S4. The maximum atomic E-state index is 12.2. The molecule has 2 rings (SSSR count). The van der Waals surface area contributed by atoms with Gasteiger partial charge >= 0.3 is 0 Å². The number of hydrogen-bond acceptors (Lipinski definition) is 10. The van der Waals surface area contributed by atoms with E-state index in [9.17, 15) is 18.0 Å². The smallest absolute Gasteiger partial charge is 0.238 e. The molecule has 0 saturated heterocycles. The van der Waals surface area contributed by atoms with E-state index in [-0.39, 0.29) is 11.8 Å². The molecule has 0 fully saturated rings. The number of benzene rings is 2. The molecule has 2 aromatic rings. The lowest BCUT2D eigenvalue weighted by Gasteiger charge is -2.17. The molecule has 15 heteroatoms. The zero-order chi connectivity index (χ0) is 35.3. The average Bonchev–Trinajstić information content (AvgIpc) is 2.98. The van der Waals surface area contributed by atoms with E-state index in [2.05, 4.69) is 47.3 Å². The van der Waals surface area contributed by atoms with Crippen molar-refractivity contribution in [3.8, 4) is 0 Å². The summed E-state index contributed by atoms with van der Waals surface area (Å²) < 4.78 is 31.5. The SMILES string of the molecule is CNCC(=O)Nc1c(C)cccc1C.COS(=O)(=S)CCBr.COS(=O)(=S)CCCCCN(C)CC(=O)Nc1c(C)cccc1C. The van der Waals surface area contributed by atoms with Gasteiger partial charge in [-0.15, -0.1) is 0 Å². The van der Waals surface area contributed by atoms with Crippen LogP contribution in [0.15, 0.2) is 36.4 Å². The molecule has 0 radical (unpaired) electrons. The molecule has 3 N–H and O–H groups in total. The number of carbonyl (C=O) groups excluding carboxylic acids is 2. The number of anilines is 2. The third-order valence-corrected chi connectivity index (χ3v) is 11.8. The van der Waals surface area contributed by atoms with E-state index in [1.165, 1.54) is 14.2 Å². The highest BCUT2D eigenvalue weighted by atomic mass is 79.9. The number of rotatable bonds is 16. The summed E-state index contributed by atoms with van der Waals surface area (Å²) in [6, 6.07) is 11.9. The van der Waals surface area contributed by atoms with Crippen molar-refractivity contribution in [2.24, 2.45) is 0 Å². The first-order valence-electron chi connectivity index (χ1n) is 14.7. The van der Waals surface area contributed by atoms with Crippen molar-refractivity contribution < 1.29 is 26.4 Å². The number of aryl methyl sites for hydroxylation is 4. The van der Waals surface area contributed by atoms with Gasteiger partial charge in [-0.2, -0.15) is 0 Å². The molecule has 0 heterocycles. The first-order chi connectivity index (χ1) is 21.5. The van der Waals surface area contributed by atoms with Gasteiger partial charge in [-0.25, -0.2) is 8.42 Å². The fourth-order valence-electron chi connectivity index (χ4n) is 3.97. The second-order valence-corrected chi connectivity index (χ2v) is 18.1. The van der Waals surface area contributed by atoms with Gasteiger partial charge in [-0.1, -0.05) is 58.7 Å². The van der Waals surface area contributed by atoms with Crippen LogP contribution in [-0.2, 0) is 57.9 Å². The number of unbranched alkanes of at least 4 members (excludes halogenated alkanes) is 2. The second kappa shape index (κ2) is 23.7. The van der Waals surface area contributed by atoms with Crippen LogP contribution in [0.2, 0.25) is 0 Å². The van der Waals surface area contributed by atoms with Gasteiger partial charge in [-0.3, -0.25) is 22.9 Å². The standard InChI is InChI=1S/C17H28N2O3S2.C11H16N2O.C3H7BrO2S2/c1-14-9-8-10-15(2)17(14)18-16(20)13-19(3)11-6-5-7-12-24(21,23)22-4;1-8-5-4-6-9(2)11(8)13-10(14)7-12-3;1-6-8(5,7)3-2-4/h8-10H,5-7,11-13H2,1-4H3,(H,18,20);4-6,12H,7H2,1-3H3,(H,13,14);2-3H2,1H3. The topological polar surface area (TPSA) is 126 Å². The van der Waals surface area contributed by atoms with E-state index in [0.29, 0.717) is 29.9 Å². The summed E-state index contributed by atoms with van der Waals surface area (Å²) in [5, 5.41) is 9.31. The van der Waals surface area contributed by atoms with Gasteiger partial charge in [0.15, 0.2) is 0 Å². The lowest BCUT2D eigenvalue weighted by Crippen LogP contribution is -2.31. The molecule has 262 valence electrons. The largest absolute Gasteiger partial charge is 0.324 e. The van der Waals surface area contributed by atoms with E-state index in [4.69, 9.17) is 15.4 Å². The molecule has 2 amide bonds. The molecule has 2 atom stereocenters. The lowest BCUT2D eigenvalue weighted by atomic mass is 10.1. The Morgan fingerprint density at radius 2 is 1.22 bits per heavy atom. The summed E-state index contributed by atoms with van der Waals surface area (Å²) in [7, 11) is 1.52. The number of halogens is 1. The quantitative estimate of drug-likeness (QED) is 0.162. The van der Waals surface area contributed by atoms with Gasteiger partial charge in [-0.05, 0) is 83.4 Å². The molecule has 0 aromatic heterocycles. The molecule has 0 saturated carbocycles. The Bertz CT molecular complexity index is 1400. The Labute approximate surface area is 295 Å². The molecule has 0 bridgehead atoms. The van der Waals surface area contributed by atoms with Gasteiger partial charge in [0.05, 0.1) is 38.8 Å². The Hall–Kier alpha value is -1.56. The Balaban J connectivity index is 0.000000771. The minimum Gasteiger partial charge on any atom is -0.324 e. The van der Waals surface area contributed by atoms with Gasteiger partial charge < -0.3 is 16.0 Å². The summed E-state index contributed by atoms with van der Waals surface area (Å²) >= 11 is 12.4. The molecule has 0 aliphatic carbocycles. The highest BCUT2D eigenvalue weighted by Gasteiger charge is 2.10. The van der Waals surface area contributed by atoms with Gasteiger partial charge in [0.25, 0.3) is 0 Å². The highest BCUT2D eigenvalue weighted by Crippen LogP contribution is 2.20. The summed E-state index contributed by atoms with van der Waals surface area (Å²) in [6.45, 7) is 9.46. The van der Waals surface area contributed by atoms with Crippen molar-refractivity contribution in [1.82, 2.24) is 10.2 Å². The lowest BCUT2D eigenvalue weighted by molar-refractivity contribution is -0.117. The number of nitrogens with one attached hydrogen (secondary N) is 3. The number of hydrogen-bond donors (Lipinski definition) is 3. The molecule has 0 aliphatic heterocycles. The maximum Gasteiger partial charge on any atom is 0.238 e. The predicted octanol–water partition coefficient (Wildman–Crippen LogP) is 4.80. The van der Waals surface area contributed by atoms with Crippen LogP contribution >= 0.6 is 15.9 Å². The van der Waals surface area contributed by atoms with Crippen molar-refractivity contribution in [2.45, 2.75) is 47.0 Å². The normalized spacial score (nSPS) is 13.3. The summed E-state index contributed by atoms with van der Waals surface area (Å²) in [4.78, 5) is 25.5. The first kappa shape index (κ1) is 44.4. The monoisotopic (exact) mass is 782 g/mol. The van der Waals surface area contributed by atoms with E-state index < -0.39 is 17.5 Å². The Morgan fingerprint density at radius 3 is 1.61 bits per heavy atom. The Kier molecular flexibility index (Phi) is 22.9. The van der Waals surface area contributed by atoms with Crippen LogP contribution in [0.3, 0.4) is 0 Å². The van der Waals surface area contributed by atoms with Crippen molar-refractivity contribution in [3.05, 3.63) is 58.7 Å². The van der Waals surface area contributed by atoms with Crippen LogP contribution < -0.4 is 16.0 Å². The third kappa shape index (κ3) is 20.0. The van der Waals surface area contributed by atoms with Crippen LogP contribution in [0.5, 0.6) is 0 Å². The minimum atomic E-state index is -2.53. The molecule has 0 aliphatic rings. The van der Waals surface area contributed by atoms with Crippen LogP contribution in [0.4, 0.5) is 11.4 Å². The van der Waals surface area contributed by atoms with E-state index in [1.807, 2.05) is 76.0 Å². The third-order valence-electron chi connectivity index (χ3n) is 6.51. The summed E-state index contributed by atoms with van der Waals surface area (Å²) in [5.74, 6) is 0.793. The number of nitrogens with zero attached hydrogens (tertiary/aromatic N) is 1. The van der Waals surface area contributed by atoms with Crippen molar-refractivity contribution >= 4 is 79.0 Å². The number of para-hydroxylation sites is 2. The van der Waals surface area contributed by atoms with Crippen molar-refractivity contribution in [2.75, 3.05) is 75.4 Å². The number of likely N-dealkylation sites (N-methyl/N-ethyl adjacent to an activating group) is 2. The fourth-order valence-corrected chi connectivity index (χ4v) is 7.57. The van der Waals surface area contributed by atoms with Crippen LogP contribution in [0.25, 0.3) is 0 Å². The molecule has 10 nitrogen and oxygen atoms in total. The zero-order valence-corrected chi connectivity index (χ0v) is 33.1. The molecule has 46 heavy (non-hydrogen) atoms. The van der Waals surface area contributed by atoms with Crippen molar-refractivity contribution in [1.29, 1.82) is 0 Å². The highest BCUT2D eigenvalue weighted by molar-refractivity contribution is 9.09. The average molecular weight is 784 g/mol. The Morgan fingerprint density at radius 1 is 0.783 bits per heavy atom. The van der Waals surface area contributed by atoms with E-state index in [0.717, 1.165) is 59.4 Å². The minimum absolute atomic E-state index is 0.00935. The zero-order valence-electron chi connectivity index (χ0n) is 28.2. The number of carbonyl (C=O) groups is 2. The molecular weight excluding hydrogens is 733 g/mol. The fraction of sp³-hybridized carbons (Fsp3) is 0.548. The van der Waals surface area contributed by atoms with E-state index >= 15 is 0 Å². The van der Waals surface area contributed by atoms with Crippen LogP contribution in [0.1, 0.15) is 41.5 Å². The predicted molar refractivity (Wildman–Crippen MR) is 203 cm³/mol. The molecule has 2 aromatic carbocycles. The maximum absolute atomic E-state index is 12.2. The second-order valence-electron chi connectivity index (χ2n) is 10.5. The van der Waals surface area contributed by atoms with E-state index in [1.54, 1.807) is 7.05 Å². The van der Waals surface area contributed by atoms with Gasteiger partial charge in [0.1, 0.15) is 17.5 Å². The van der Waals surface area contributed by atoms with Gasteiger partial charge in [0.2, 0.25) is 11.8 Å².